The number of hydrogen-bond donors (Lipinski definition) is 1. The first-order valence-corrected chi connectivity index (χ1v) is 3.04. The number of aromatic nitrogens is 5. The van der Waals surface area contributed by atoms with Gasteiger partial charge in [-0.25, -0.2) is 9.78 Å². The van der Waals surface area contributed by atoms with Crippen LogP contribution in [0.1, 0.15) is 5.82 Å². The largest absolute Gasteiger partial charge is 0.350 e. The van der Waals surface area contributed by atoms with E-state index in [0.717, 1.165) is 4.52 Å². The van der Waals surface area contributed by atoms with Crippen molar-refractivity contribution in [2.24, 2.45) is 0 Å². The number of H-pyrrole nitrogens is 1. The fourth-order valence-electron chi connectivity index (χ4n) is 0.830. The first-order chi connectivity index (χ1) is 5.27. The first kappa shape index (κ1) is 6.02. The summed E-state index contributed by atoms with van der Waals surface area (Å²) in [5.74, 6) is 0.862. The molecule has 0 bridgehead atoms. The number of rotatable bonds is 0. The van der Waals surface area contributed by atoms with Crippen molar-refractivity contribution in [2.75, 3.05) is 0 Å². The summed E-state index contributed by atoms with van der Waals surface area (Å²) in [5, 5.41) is 3.81. The van der Waals surface area contributed by atoms with Gasteiger partial charge in [0.25, 0.3) is 5.78 Å². The lowest BCUT2D eigenvalue weighted by molar-refractivity contribution is 0.828. The molecule has 0 amide bonds. The number of hydrogen-bond acceptors (Lipinski definition) is 4. The van der Waals surface area contributed by atoms with Crippen LogP contribution in [0.25, 0.3) is 5.78 Å². The Kier molecular flexibility index (Phi) is 1.03. The molecule has 6 nitrogen and oxygen atoms in total. The van der Waals surface area contributed by atoms with E-state index in [4.69, 9.17) is 0 Å². The van der Waals surface area contributed by atoms with Gasteiger partial charge in [0.1, 0.15) is 6.33 Å². The Labute approximate surface area is 60.9 Å². The van der Waals surface area contributed by atoms with Crippen molar-refractivity contribution in [2.45, 2.75) is 6.92 Å². The smallest absolute Gasteiger partial charge is 0.296 e. The molecule has 1 N–H and O–H groups in total. The summed E-state index contributed by atoms with van der Waals surface area (Å²) in [4.78, 5) is 21.0. The molecule has 2 aromatic heterocycles. The molecule has 2 rings (SSSR count). The molecule has 0 saturated carbocycles. The average molecular weight is 151 g/mol. The molecular weight excluding hydrogens is 146 g/mol. The highest BCUT2D eigenvalue weighted by molar-refractivity contribution is 5.22. The normalized spacial score (nSPS) is 10.6. The Bertz CT molecular complexity index is 441. The van der Waals surface area contributed by atoms with E-state index in [1.54, 1.807) is 6.92 Å². The molecule has 56 valence electrons. The van der Waals surface area contributed by atoms with Crippen LogP contribution in [0.15, 0.2) is 11.1 Å². The van der Waals surface area contributed by atoms with E-state index in [1.807, 2.05) is 0 Å². The lowest BCUT2D eigenvalue weighted by Gasteiger charge is -1.83. The monoisotopic (exact) mass is 151 g/mol. The minimum Gasteiger partial charge on any atom is -0.296 e. The Morgan fingerprint density at radius 1 is 1.64 bits per heavy atom. The third kappa shape index (κ3) is 0.794. The van der Waals surface area contributed by atoms with Crippen molar-refractivity contribution in [1.82, 2.24) is 24.6 Å². The standard InChI is InChI=1S/C5H5N5O/c1-3-8-4-6-2-7-5(11)10(4)9-3/h2H,1H3,(H,6,7,8,9,11). The molecule has 11 heavy (non-hydrogen) atoms. The molecule has 0 radical (unpaired) electrons. The van der Waals surface area contributed by atoms with Crippen LogP contribution in [0.4, 0.5) is 0 Å². The molecular formula is C5H5N5O. The Hall–Kier alpha value is -1.72. The Balaban J connectivity index is 3.02. The van der Waals surface area contributed by atoms with Gasteiger partial charge in [-0.15, -0.1) is 9.61 Å². The highest BCUT2D eigenvalue weighted by atomic mass is 16.1. The summed E-state index contributed by atoms with van der Waals surface area (Å²) in [6, 6.07) is 0. The molecule has 2 aromatic rings. The zero-order valence-electron chi connectivity index (χ0n) is 5.77. The lowest BCUT2D eigenvalue weighted by Crippen LogP contribution is -2.17. The maximum absolute atomic E-state index is 11.0. The summed E-state index contributed by atoms with van der Waals surface area (Å²) in [7, 11) is 0. The van der Waals surface area contributed by atoms with E-state index in [-0.39, 0.29) is 5.69 Å². The van der Waals surface area contributed by atoms with Gasteiger partial charge in [0.2, 0.25) is 0 Å². The van der Waals surface area contributed by atoms with E-state index in [9.17, 15) is 4.79 Å². The summed E-state index contributed by atoms with van der Waals surface area (Å²) >= 11 is 0. The van der Waals surface area contributed by atoms with Gasteiger partial charge in [0.15, 0.2) is 5.82 Å². The fraction of sp³-hybridized carbons (Fsp3) is 0.200. The van der Waals surface area contributed by atoms with Gasteiger partial charge < -0.3 is 0 Å². The van der Waals surface area contributed by atoms with Crippen LogP contribution in [0.5, 0.6) is 0 Å². The van der Waals surface area contributed by atoms with Gasteiger partial charge >= 0.3 is 5.69 Å². The first-order valence-electron chi connectivity index (χ1n) is 3.04. The van der Waals surface area contributed by atoms with Crippen molar-refractivity contribution in [3.8, 4) is 0 Å². The maximum Gasteiger partial charge on any atom is 0.350 e. The summed E-state index contributed by atoms with van der Waals surface area (Å²) < 4.78 is 1.12. The van der Waals surface area contributed by atoms with Gasteiger partial charge in [0, 0.05) is 0 Å². The molecule has 0 aromatic carbocycles. The molecule has 0 aliphatic heterocycles. The van der Waals surface area contributed by atoms with Crippen LogP contribution in [0, 0.1) is 6.92 Å². The zero-order chi connectivity index (χ0) is 7.84. The van der Waals surface area contributed by atoms with Gasteiger partial charge in [-0.2, -0.15) is 4.98 Å². The molecule has 6 heteroatoms. The van der Waals surface area contributed by atoms with Crippen LogP contribution < -0.4 is 5.69 Å². The third-order valence-corrected chi connectivity index (χ3v) is 1.26. The predicted octanol–water partition coefficient (Wildman–Crippen LogP) is -0.879. The highest BCUT2D eigenvalue weighted by Gasteiger charge is 2.00. The summed E-state index contributed by atoms with van der Waals surface area (Å²) in [6.45, 7) is 1.70. The molecule has 0 atom stereocenters. The highest BCUT2D eigenvalue weighted by Crippen LogP contribution is 1.88. The van der Waals surface area contributed by atoms with Crippen LogP contribution in [0.3, 0.4) is 0 Å². The van der Waals surface area contributed by atoms with E-state index in [2.05, 4.69) is 20.1 Å². The van der Waals surface area contributed by atoms with Crippen LogP contribution in [-0.4, -0.2) is 24.6 Å². The average Bonchev–Trinajstić information content (AvgIpc) is 2.31. The second kappa shape index (κ2) is 1.88. The zero-order valence-corrected chi connectivity index (χ0v) is 5.77. The Morgan fingerprint density at radius 2 is 2.45 bits per heavy atom. The molecule has 0 saturated heterocycles. The second-order valence-corrected chi connectivity index (χ2v) is 2.08. The van der Waals surface area contributed by atoms with Crippen molar-refractivity contribution >= 4 is 5.78 Å². The van der Waals surface area contributed by atoms with Crippen molar-refractivity contribution in [3.05, 3.63) is 22.6 Å². The van der Waals surface area contributed by atoms with Crippen LogP contribution in [0.2, 0.25) is 0 Å². The molecule has 0 aliphatic rings. The van der Waals surface area contributed by atoms with Crippen LogP contribution in [-0.2, 0) is 0 Å². The molecule has 0 spiro atoms. The van der Waals surface area contributed by atoms with Crippen LogP contribution >= 0.6 is 0 Å². The van der Waals surface area contributed by atoms with Gasteiger partial charge in [-0.1, -0.05) is 0 Å². The predicted molar refractivity (Wildman–Crippen MR) is 36.1 cm³/mol. The van der Waals surface area contributed by atoms with Gasteiger partial charge in [-0.05, 0) is 6.92 Å². The number of nitrogens with zero attached hydrogens (tertiary/aromatic N) is 4. The fourth-order valence-corrected chi connectivity index (χ4v) is 0.830. The van der Waals surface area contributed by atoms with Crippen molar-refractivity contribution in [1.29, 1.82) is 0 Å². The van der Waals surface area contributed by atoms with E-state index in [1.165, 1.54) is 6.33 Å². The summed E-state index contributed by atoms with van der Waals surface area (Å²) in [6.07, 6.45) is 1.30. The SMILES string of the molecule is Cc1nc2nc[nH]c(=O)n2n1. The number of fused-ring (bicyclic) bond motifs is 1. The Morgan fingerprint density at radius 3 is 3.18 bits per heavy atom. The number of aromatic amines is 1. The number of aryl methyl sites for hydroxylation is 1. The minimum absolute atomic E-state index is 0.324. The number of nitrogens with one attached hydrogen (secondary N) is 1. The second-order valence-electron chi connectivity index (χ2n) is 2.08. The minimum atomic E-state index is -0.324. The van der Waals surface area contributed by atoms with Gasteiger partial charge in [0.05, 0.1) is 0 Å². The molecule has 0 unspecified atom stereocenters. The van der Waals surface area contributed by atoms with E-state index < -0.39 is 0 Å². The van der Waals surface area contributed by atoms with Gasteiger partial charge in [-0.3, -0.25) is 4.98 Å². The van der Waals surface area contributed by atoms with Crippen molar-refractivity contribution in [3.63, 3.8) is 0 Å². The van der Waals surface area contributed by atoms with Crippen molar-refractivity contribution < 1.29 is 0 Å². The third-order valence-electron chi connectivity index (χ3n) is 1.26. The summed E-state index contributed by atoms with van der Waals surface area (Å²) in [5.41, 5.74) is -0.324. The topological polar surface area (TPSA) is 75.9 Å². The van der Waals surface area contributed by atoms with E-state index >= 15 is 0 Å². The molecule has 0 fully saturated rings. The molecule has 2 heterocycles. The quantitative estimate of drug-likeness (QED) is 0.530. The maximum atomic E-state index is 11.0. The molecule has 0 aliphatic carbocycles. The lowest BCUT2D eigenvalue weighted by atomic mass is 10.8. The van der Waals surface area contributed by atoms with E-state index in [0.29, 0.717) is 11.6 Å².